The first-order valence-electron chi connectivity index (χ1n) is 9.98. The third-order valence-electron chi connectivity index (χ3n) is 4.82. The van der Waals surface area contributed by atoms with E-state index < -0.39 is 0 Å². The lowest BCUT2D eigenvalue weighted by Gasteiger charge is -2.20. The number of aromatic nitrogens is 1. The highest BCUT2D eigenvalue weighted by Gasteiger charge is 2.23. The molecule has 0 bridgehead atoms. The Morgan fingerprint density at radius 2 is 2.11 bits per heavy atom. The van der Waals surface area contributed by atoms with E-state index in [1.807, 2.05) is 6.20 Å². The van der Waals surface area contributed by atoms with Crippen LogP contribution in [0.4, 0.5) is 5.69 Å². The summed E-state index contributed by atoms with van der Waals surface area (Å²) >= 11 is 1.80. The van der Waals surface area contributed by atoms with Crippen LogP contribution in [0.1, 0.15) is 35.7 Å². The molecule has 0 spiro atoms. The largest absolute Gasteiger partial charge is 0.369 e. The topological polar surface area (TPSA) is 52.6 Å². The molecule has 5 nitrogen and oxygen atoms in total. The maximum Gasteiger partial charge on any atom is 0.191 e. The molecule has 2 N–H and O–H groups in total. The van der Waals surface area contributed by atoms with Crippen LogP contribution in [0.3, 0.4) is 0 Å². The van der Waals surface area contributed by atoms with Crippen LogP contribution in [-0.2, 0) is 12.8 Å². The van der Waals surface area contributed by atoms with Gasteiger partial charge in [0.1, 0.15) is 0 Å². The minimum absolute atomic E-state index is 0.427. The summed E-state index contributed by atoms with van der Waals surface area (Å²) in [4.78, 5) is 13.0. The summed E-state index contributed by atoms with van der Waals surface area (Å²) in [7, 11) is 0. The van der Waals surface area contributed by atoms with Gasteiger partial charge in [0.25, 0.3) is 0 Å². The Morgan fingerprint density at radius 3 is 2.81 bits per heavy atom. The number of thiazole rings is 1. The zero-order chi connectivity index (χ0) is 19.1. The van der Waals surface area contributed by atoms with Gasteiger partial charge in [-0.1, -0.05) is 24.6 Å². The summed E-state index contributed by atoms with van der Waals surface area (Å²) in [6.45, 7) is 10.1. The van der Waals surface area contributed by atoms with Crippen LogP contribution in [0, 0.1) is 6.92 Å². The second-order valence-corrected chi connectivity index (χ2v) is 8.20. The third kappa shape index (κ3) is 5.70. The maximum atomic E-state index is 4.76. The van der Waals surface area contributed by atoms with Crippen LogP contribution >= 0.6 is 11.3 Å². The Balaban J connectivity index is 1.52. The minimum atomic E-state index is 0.427. The van der Waals surface area contributed by atoms with Gasteiger partial charge in [0, 0.05) is 55.4 Å². The first-order valence-corrected chi connectivity index (χ1v) is 10.8. The molecule has 0 amide bonds. The van der Waals surface area contributed by atoms with E-state index in [9.17, 15) is 0 Å². The van der Waals surface area contributed by atoms with E-state index in [1.165, 1.54) is 21.1 Å². The van der Waals surface area contributed by atoms with Gasteiger partial charge < -0.3 is 15.5 Å². The van der Waals surface area contributed by atoms with E-state index in [-0.39, 0.29) is 0 Å². The van der Waals surface area contributed by atoms with Crippen LogP contribution in [0.5, 0.6) is 0 Å². The molecule has 3 rings (SSSR count). The molecule has 2 aromatic rings. The number of aryl methyl sites for hydroxylation is 2. The molecule has 1 aliphatic rings. The Labute approximate surface area is 166 Å². The van der Waals surface area contributed by atoms with Crippen molar-refractivity contribution >= 4 is 23.0 Å². The van der Waals surface area contributed by atoms with Crippen molar-refractivity contribution in [2.24, 2.45) is 4.99 Å². The van der Waals surface area contributed by atoms with Crippen molar-refractivity contribution in [2.45, 2.75) is 46.1 Å². The molecule has 1 aromatic carbocycles. The molecule has 1 fully saturated rings. The first kappa shape index (κ1) is 19.7. The average Bonchev–Trinajstić information content (AvgIpc) is 3.32. The zero-order valence-electron chi connectivity index (χ0n) is 16.7. The van der Waals surface area contributed by atoms with E-state index >= 15 is 0 Å². The van der Waals surface area contributed by atoms with Crippen molar-refractivity contribution in [1.29, 1.82) is 0 Å². The lowest BCUT2D eigenvalue weighted by molar-refractivity contribution is 0.649. The lowest BCUT2D eigenvalue weighted by Crippen LogP contribution is -2.44. The number of nitrogens with one attached hydrogen (secondary N) is 2. The molecule has 0 saturated carbocycles. The van der Waals surface area contributed by atoms with E-state index in [2.05, 4.69) is 65.6 Å². The fraction of sp³-hybridized carbons (Fsp3) is 0.524. The molecule has 1 atom stereocenters. The van der Waals surface area contributed by atoms with E-state index in [4.69, 9.17) is 4.99 Å². The number of nitrogens with zero attached hydrogens (tertiary/aromatic N) is 3. The quantitative estimate of drug-likeness (QED) is 0.567. The predicted molar refractivity (Wildman–Crippen MR) is 116 cm³/mol. The number of anilines is 1. The molecule has 1 unspecified atom stereocenters. The molecular weight excluding hydrogens is 354 g/mol. The first-order chi connectivity index (χ1) is 13.2. The predicted octanol–water partition coefficient (Wildman–Crippen LogP) is 3.39. The molecular formula is C21H31N5S. The monoisotopic (exact) mass is 385 g/mol. The van der Waals surface area contributed by atoms with Gasteiger partial charge in [-0.2, -0.15) is 0 Å². The van der Waals surface area contributed by atoms with Gasteiger partial charge >= 0.3 is 0 Å². The molecule has 6 heteroatoms. The van der Waals surface area contributed by atoms with Crippen molar-refractivity contribution < 1.29 is 0 Å². The molecule has 0 aliphatic carbocycles. The van der Waals surface area contributed by atoms with Crippen molar-refractivity contribution in [1.82, 2.24) is 15.6 Å². The highest BCUT2D eigenvalue weighted by Crippen LogP contribution is 2.20. The fourth-order valence-electron chi connectivity index (χ4n) is 3.27. The van der Waals surface area contributed by atoms with Crippen molar-refractivity contribution in [3.63, 3.8) is 0 Å². The van der Waals surface area contributed by atoms with Crippen LogP contribution in [0.25, 0.3) is 0 Å². The van der Waals surface area contributed by atoms with Gasteiger partial charge in [0.05, 0.1) is 5.01 Å². The van der Waals surface area contributed by atoms with Gasteiger partial charge in [-0.3, -0.25) is 4.99 Å². The highest BCUT2D eigenvalue weighted by atomic mass is 32.1. The van der Waals surface area contributed by atoms with Crippen molar-refractivity contribution in [2.75, 3.05) is 31.1 Å². The van der Waals surface area contributed by atoms with Crippen molar-refractivity contribution in [3.05, 3.63) is 45.9 Å². The molecule has 2 heterocycles. The summed E-state index contributed by atoms with van der Waals surface area (Å²) < 4.78 is 0. The van der Waals surface area contributed by atoms with Crippen LogP contribution < -0.4 is 15.5 Å². The normalized spacial score (nSPS) is 17.4. The van der Waals surface area contributed by atoms with Gasteiger partial charge in [-0.15, -0.1) is 11.3 Å². The Morgan fingerprint density at radius 1 is 1.30 bits per heavy atom. The number of hydrogen-bond acceptors (Lipinski definition) is 4. The lowest BCUT2D eigenvalue weighted by atomic mass is 10.2. The van der Waals surface area contributed by atoms with Crippen LogP contribution in [0.2, 0.25) is 0 Å². The minimum Gasteiger partial charge on any atom is -0.369 e. The van der Waals surface area contributed by atoms with Crippen LogP contribution in [0.15, 0.2) is 35.5 Å². The van der Waals surface area contributed by atoms with Gasteiger partial charge in [-0.25, -0.2) is 4.98 Å². The molecule has 1 saturated heterocycles. The SMILES string of the molecule is CCNC(=NCCc1ncc(CC)s1)NC1CCN(c2ccc(C)cc2)C1. The third-order valence-corrected chi connectivity index (χ3v) is 6.02. The maximum absolute atomic E-state index is 4.76. The highest BCUT2D eigenvalue weighted by molar-refractivity contribution is 7.11. The Kier molecular flexibility index (Phi) is 7.10. The molecule has 1 aromatic heterocycles. The summed E-state index contributed by atoms with van der Waals surface area (Å²) in [6.07, 6.45) is 5.09. The van der Waals surface area contributed by atoms with E-state index in [0.717, 1.165) is 51.4 Å². The smallest absolute Gasteiger partial charge is 0.191 e. The Hall–Kier alpha value is -2.08. The van der Waals surface area contributed by atoms with Crippen LogP contribution in [-0.4, -0.2) is 43.2 Å². The zero-order valence-corrected chi connectivity index (χ0v) is 17.5. The number of hydrogen-bond donors (Lipinski definition) is 2. The summed E-state index contributed by atoms with van der Waals surface area (Å²) in [6, 6.07) is 9.23. The number of guanidine groups is 1. The summed E-state index contributed by atoms with van der Waals surface area (Å²) in [5.41, 5.74) is 2.61. The molecule has 1 aliphatic heterocycles. The second kappa shape index (κ2) is 9.74. The molecule has 27 heavy (non-hydrogen) atoms. The molecule has 0 radical (unpaired) electrons. The number of aliphatic imine (C=N–C) groups is 1. The molecule has 146 valence electrons. The van der Waals surface area contributed by atoms with E-state index in [0.29, 0.717) is 6.04 Å². The van der Waals surface area contributed by atoms with Crippen molar-refractivity contribution in [3.8, 4) is 0 Å². The van der Waals surface area contributed by atoms with Gasteiger partial charge in [0.15, 0.2) is 5.96 Å². The standard InChI is InChI=1S/C21H31N5S/c1-4-19-14-24-20(27-19)10-12-23-21(22-5-2)25-17-11-13-26(15-17)18-8-6-16(3)7-9-18/h6-9,14,17H,4-5,10-13,15H2,1-3H3,(H2,22,23,25). The second-order valence-electron chi connectivity index (χ2n) is 7.00. The summed E-state index contributed by atoms with van der Waals surface area (Å²) in [5, 5.41) is 8.17. The average molecular weight is 386 g/mol. The van der Waals surface area contributed by atoms with Gasteiger partial charge in [0.2, 0.25) is 0 Å². The number of benzene rings is 1. The van der Waals surface area contributed by atoms with E-state index in [1.54, 1.807) is 11.3 Å². The number of rotatable bonds is 7. The Bertz CT molecular complexity index is 737. The summed E-state index contributed by atoms with van der Waals surface area (Å²) in [5.74, 6) is 0.917. The van der Waals surface area contributed by atoms with Gasteiger partial charge in [-0.05, 0) is 38.8 Å². The fourth-order valence-corrected chi connectivity index (χ4v) is 4.12.